The maximum absolute atomic E-state index is 3.83. The number of hydrogen-bond donors (Lipinski definition) is 0. The SMILES string of the molecule is C=CCn1cc(CCCCC)c2ccccc21. The molecule has 0 aliphatic rings. The third-order valence-corrected chi connectivity index (χ3v) is 3.25. The van der Waals surface area contributed by atoms with Crippen LogP contribution in [0.1, 0.15) is 31.7 Å². The Kier molecular flexibility index (Phi) is 4.03. The highest BCUT2D eigenvalue weighted by Crippen LogP contribution is 2.23. The minimum Gasteiger partial charge on any atom is -0.343 e. The maximum atomic E-state index is 3.83. The van der Waals surface area contributed by atoms with Gasteiger partial charge in [-0.1, -0.05) is 44.0 Å². The molecule has 1 nitrogen and oxygen atoms in total. The van der Waals surface area contributed by atoms with Gasteiger partial charge >= 0.3 is 0 Å². The fourth-order valence-corrected chi connectivity index (χ4v) is 2.38. The van der Waals surface area contributed by atoms with Gasteiger partial charge in [-0.25, -0.2) is 0 Å². The van der Waals surface area contributed by atoms with Crippen LogP contribution in [0.15, 0.2) is 43.1 Å². The normalized spacial score (nSPS) is 10.9. The maximum Gasteiger partial charge on any atom is 0.0486 e. The van der Waals surface area contributed by atoms with Gasteiger partial charge in [0.2, 0.25) is 0 Å². The molecule has 0 aliphatic heterocycles. The number of allylic oxidation sites excluding steroid dienone is 1. The molecule has 0 saturated heterocycles. The van der Waals surface area contributed by atoms with E-state index in [9.17, 15) is 0 Å². The Morgan fingerprint density at radius 3 is 2.82 bits per heavy atom. The molecule has 2 rings (SSSR count). The summed E-state index contributed by atoms with van der Waals surface area (Å²) in [7, 11) is 0. The van der Waals surface area contributed by atoms with E-state index in [-0.39, 0.29) is 0 Å². The number of unbranched alkanes of at least 4 members (excludes halogenated alkanes) is 2. The number of aryl methyl sites for hydroxylation is 1. The van der Waals surface area contributed by atoms with Crippen LogP contribution in [0.4, 0.5) is 0 Å². The number of fused-ring (bicyclic) bond motifs is 1. The molecule has 1 heteroatoms. The van der Waals surface area contributed by atoms with Crippen molar-refractivity contribution in [3.63, 3.8) is 0 Å². The third-order valence-electron chi connectivity index (χ3n) is 3.25. The Bertz CT molecular complexity index is 493. The highest BCUT2D eigenvalue weighted by atomic mass is 14.9. The molecule has 0 atom stereocenters. The zero-order valence-electron chi connectivity index (χ0n) is 10.7. The molecule has 1 aromatic carbocycles. The van der Waals surface area contributed by atoms with Crippen molar-refractivity contribution in [3.05, 3.63) is 48.7 Å². The molecule has 17 heavy (non-hydrogen) atoms. The van der Waals surface area contributed by atoms with Crippen LogP contribution in [0, 0.1) is 0 Å². The Hall–Kier alpha value is -1.50. The first kappa shape index (κ1) is 12.0. The van der Waals surface area contributed by atoms with Crippen molar-refractivity contribution >= 4 is 10.9 Å². The van der Waals surface area contributed by atoms with E-state index >= 15 is 0 Å². The smallest absolute Gasteiger partial charge is 0.0486 e. The predicted octanol–water partition coefficient (Wildman–Crippen LogP) is 4.56. The Balaban J connectivity index is 2.31. The minimum atomic E-state index is 0.897. The van der Waals surface area contributed by atoms with Gasteiger partial charge in [0.1, 0.15) is 0 Å². The van der Waals surface area contributed by atoms with E-state index in [0.717, 1.165) is 6.54 Å². The van der Waals surface area contributed by atoms with E-state index in [1.807, 2.05) is 6.08 Å². The first-order valence-corrected chi connectivity index (χ1v) is 6.54. The number of rotatable bonds is 6. The summed E-state index contributed by atoms with van der Waals surface area (Å²) in [4.78, 5) is 0. The summed E-state index contributed by atoms with van der Waals surface area (Å²) in [5, 5.41) is 1.41. The zero-order valence-corrected chi connectivity index (χ0v) is 10.7. The number of para-hydroxylation sites is 1. The monoisotopic (exact) mass is 227 g/mol. The lowest BCUT2D eigenvalue weighted by Gasteiger charge is -1.99. The van der Waals surface area contributed by atoms with Gasteiger partial charge in [-0.05, 0) is 24.5 Å². The number of benzene rings is 1. The van der Waals surface area contributed by atoms with Gasteiger partial charge in [0.15, 0.2) is 0 Å². The van der Waals surface area contributed by atoms with E-state index in [4.69, 9.17) is 0 Å². The summed E-state index contributed by atoms with van der Waals surface area (Å²) in [5.41, 5.74) is 2.81. The summed E-state index contributed by atoms with van der Waals surface area (Å²) in [6.45, 7) is 6.97. The van der Waals surface area contributed by atoms with Gasteiger partial charge in [-0.3, -0.25) is 0 Å². The quantitative estimate of drug-likeness (QED) is 0.503. The second-order valence-corrected chi connectivity index (χ2v) is 4.57. The molecule has 0 radical (unpaired) electrons. The highest BCUT2D eigenvalue weighted by Gasteiger charge is 2.06. The summed E-state index contributed by atoms with van der Waals surface area (Å²) >= 11 is 0. The van der Waals surface area contributed by atoms with Gasteiger partial charge in [0.25, 0.3) is 0 Å². The second-order valence-electron chi connectivity index (χ2n) is 4.57. The van der Waals surface area contributed by atoms with Crippen molar-refractivity contribution < 1.29 is 0 Å². The third kappa shape index (κ3) is 2.60. The summed E-state index contributed by atoms with van der Waals surface area (Å²) in [6, 6.07) is 8.67. The Morgan fingerprint density at radius 2 is 2.06 bits per heavy atom. The number of hydrogen-bond acceptors (Lipinski definition) is 0. The Morgan fingerprint density at radius 1 is 1.24 bits per heavy atom. The molecule has 0 unspecified atom stereocenters. The van der Waals surface area contributed by atoms with E-state index in [0.29, 0.717) is 0 Å². The van der Waals surface area contributed by atoms with Crippen LogP contribution in [0.3, 0.4) is 0 Å². The van der Waals surface area contributed by atoms with Crippen LogP contribution in [-0.4, -0.2) is 4.57 Å². The van der Waals surface area contributed by atoms with Crippen molar-refractivity contribution in [2.45, 2.75) is 39.2 Å². The van der Waals surface area contributed by atoms with E-state index in [2.05, 4.69) is 48.5 Å². The van der Waals surface area contributed by atoms with Gasteiger partial charge in [-0.15, -0.1) is 6.58 Å². The fraction of sp³-hybridized carbons (Fsp3) is 0.375. The standard InChI is InChI=1S/C16H21N/c1-3-5-6-9-14-13-17(12-4-2)16-11-8-7-10-15(14)16/h4,7-8,10-11,13H,2-3,5-6,9,12H2,1H3. The lowest BCUT2D eigenvalue weighted by atomic mass is 10.1. The van der Waals surface area contributed by atoms with Crippen LogP contribution in [-0.2, 0) is 13.0 Å². The van der Waals surface area contributed by atoms with E-state index < -0.39 is 0 Å². The minimum absolute atomic E-state index is 0.897. The summed E-state index contributed by atoms with van der Waals surface area (Å²) in [6.07, 6.45) is 9.34. The van der Waals surface area contributed by atoms with E-state index in [1.54, 1.807) is 0 Å². The van der Waals surface area contributed by atoms with Crippen molar-refractivity contribution in [2.24, 2.45) is 0 Å². The molecule has 1 aromatic heterocycles. The van der Waals surface area contributed by atoms with Crippen molar-refractivity contribution in [1.29, 1.82) is 0 Å². The first-order chi connectivity index (χ1) is 8.36. The molecule has 1 heterocycles. The largest absolute Gasteiger partial charge is 0.343 e. The summed E-state index contributed by atoms with van der Waals surface area (Å²) < 4.78 is 2.30. The molecule has 0 bridgehead atoms. The van der Waals surface area contributed by atoms with Crippen molar-refractivity contribution in [3.8, 4) is 0 Å². The molecular weight excluding hydrogens is 206 g/mol. The lowest BCUT2D eigenvalue weighted by molar-refractivity contribution is 0.717. The molecule has 0 saturated carbocycles. The van der Waals surface area contributed by atoms with Gasteiger partial charge in [0.05, 0.1) is 0 Å². The molecule has 2 aromatic rings. The molecule has 0 amide bonds. The van der Waals surface area contributed by atoms with Crippen LogP contribution >= 0.6 is 0 Å². The average Bonchev–Trinajstić information content (AvgIpc) is 2.70. The molecular formula is C16H21N. The Labute approximate surface area is 104 Å². The van der Waals surface area contributed by atoms with Crippen LogP contribution < -0.4 is 0 Å². The van der Waals surface area contributed by atoms with Gasteiger partial charge in [0, 0.05) is 23.6 Å². The van der Waals surface area contributed by atoms with Crippen LogP contribution in [0.2, 0.25) is 0 Å². The lowest BCUT2D eigenvalue weighted by Crippen LogP contribution is -1.91. The van der Waals surface area contributed by atoms with Crippen molar-refractivity contribution in [2.75, 3.05) is 0 Å². The molecule has 0 N–H and O–H groups in total. The topological polar surface area (TPSA) is 4.93 Å². The first-order valence-electron chi connectivity index (χ1n) is 6.54. The molecule has 90 valence electrons. The fourth-order valence-electron chi connectivity index (χ4n) is 2.38. The average molecular weight is 227 g/mol. The molecule has 0 aliphatic carbocycles. The van der Waals surface area contributed by atoms with Gasteiger partial charge in [-0.2, -0.15) is 0 Å². The number of aromatic nitrogens is 1. The van der Waals surface area contributed by atoms with E-state index in [1.165, 1.54) is 42.1 Å². The highest BCUT2D eigenvalue weighted by molar-refractivity contribution is 5.84. The van der Waals surface area contributed by atoms with Crippen molar-refractivity contribution in [1.82, 2.24) is 4.57 Å². The zero-order chi connectivity index (χ0) is 12.1. The second kappa shape index (κ2) is 5.72. The van der Waals surface area contributed by atoms with Crippen LogP contribution in [0.5, 0.6) is 0 Å². The molecule has 0 fully saturated rings. The number of nitrogens with zero attached hydrogens (tertiary/aromatic N) is 1. The molecule has 0 spiro atoms. The summed E-state index contributed by atoms with van der Waals surface area (Å²) in [5.74, 6) is 0. The predicted molar refractivity (Wildman–Crippen MR) is 75.4 cm³/mol. The van der Waals surface area contributed by atoms with Crippen LogP contribution in [0.25, 0.3) is 10.9 Å². The van der Waals surface area contributed by atoms with Gasteiger partial charge < -0.3 is 4.57 Å².